The Morgan fingerprint density at radius 1 is 1.35 bits per heavy atom. The molecule has 0 radical (unpaired) electrons. The van der Waals surface area contributed by atoms with Gasteiger partial charge in [0.25, 0.3) is 0 Å². The minimum atomic E-state index is -0.509. The summed E-state index contributed by atoms with van der Waals surface area (Å²) in [6.07, 6.45) is 3.17. The molecular weight excluding hydrogens is 294 g/mol. The average molecular weight is 315 g/mol. The number of carbonyl (C=O) groups is 1. The van der Waals surface area contributed by atoms with E-state index in [1.54, 1.807) is 11.1 Å². The summed E-state index contributed by atoms with van der Waals surface area (Å²) >= 11 is 0. The second kappa shape index (κ2) is 6.02. The van der Waals surface area contributed by atoms with Crippen LogP contribution in [0.3, 0.4) is 0 Å². The molecule has 0 aromatic carbocycles. The Morgan fingerprint density at radius 2 is 2.17 bits per heavy atom. The van der Waals surface area contributed by atoms with Crippen molar-refractivity contribution in [3.05, 3.63) is 36.2 Å². The Bertz CT molecular complexity index is 676. The van der Waals surface area contributed by atoms with Crippen molar-refractivity contribution in [3.8, 4) is 11.4 Å². The van der Waals surface area contributed by atoms with E-state index in [-0.39, 0.29) is 12.1 Å². The molecule has 1 fully saturated rings. The summed E-state index contributed by atoms with van der Waals surface area (Å²) in [7, 11) is 0. The normalized spacial score (nSPS) is 18.2. The first kappa shape index (κ1) is 15.5. The minimum Gasteiger partial charge on any atom is -0.444 e. The molecule has 1 atom stereocenters. The van der Waals surface area contributed by atoms with E-state index in [4.69, 9.17) is 9.26 Å². The smallest absolute Gasteiger partial charge is 0.410 e. The lowest BCUT2D eigenvalue weighted by Crippen LogP contribution is -2.36. The lowest BCUT2D eigenvalue weighted by Gasteiger charge is -2.27. The molecule has 0 saturated carbocycles. The van der Waals surface area contributed by atoms with Gasteiger partial charge in [0.15, 0.2) is 5.76 Å². The number of rotatable bonds is 2. The molecule has 0 bridgehead atoms. The Hall–Kier alpha value is -2.37. The highest BCUT2D eigenvalue weighted by atomic mass is 16.6. The molecule has 0 unspecified atom stereocenters. The molecule has 122 valence electrons. The molecule has 0 spiro atoms. The van der Waals surface area contributed by atoms with Crippen LogP contribution < -0.4 is 0 Å². The van der Waals surface area contributed by atoms with Gasteiger partial charge in [-0.15, -0.1) is 0 Å². The molecule has 3 rings (SSSR count). The third kappa shape index (κ3) is 3.52. The number of likely N-dealkylation sites (tertiary alicyclic amines) is 1. The van der Waals surface area contributed by atoms with E-state index in [2.05, 4.69) is 10.1 Å². The topological polar surface area (TPSA) is 68.5 Å². The van der Waals surface area contributed by atoms with Crippen molar-refractivity contribution in [1.29, 1.82) is 0 Å². The van der Waals surface area contributed by atoms with Crippen LogP contribution in [0.1, 0.15) is 45.4 Å². The van der Waals surface area contributed by atoms with Gasteiger partial charge in [-0.3, -0.25) is 9.88 Å². The van der Waals surface area contributed by atoms with Crippen LogP contribution in [0.2, 0.25) is 0 Å². The monoisotopic (exact) mass is 315 g/mol. The summed E-state index contributed by atoms with van der Waals surface area (Å²) in [4.78, 5) is 18.3. The molecule has 2 aromatic heterocycles. The van der Waals surface area contributed by atoms with Gasteiger partial charge in [0, 0.05) is 18.8 Å². The zero-order valence-corrected chi connectivity index (χ0v) is 13.7. The van der Waals surface area contributed by atoms with Crippen molar-refractivity contribution in [2.75, 3.05) is 6.54 Å². The number of hydrogen-bond acceptors (Lipinski definition) is 5. The van der Waals surface area contributed by atoms with Crippen LogP contribution in [0.15, 0.2) is 35.0 Å². The fourth-order valence-electron chi connectivity index (χ4n) is 2.68. The van der Waals surface area contributed by atoms with E-state index in [9.17, 15) is 4.79 Å². The summed E-state index contributed by atoms with van der Waals surface area (Å²) in [5, 5.41) is 4.08. The van der Waals surface area contributed by atoms with Gasteiger partial charge in [0.1, 0.15) is 11.3 Å². The van der Waals surface area contributed by atoms with E-state index < -0.39 is 5.60 Å². The van der Waals surface area contributed by atoms with E-state index in [0.29, 0.717) is 18.0 Å². The Labute approximate surface area is 135 Å². The van der Waals surface area contributed by atoms with Crippen LogP contribution in [-0.4, -0.2) is 33.3 Å². The largest absolute Gasteiger partial charge is 0.444 e. The first-order chi connectivity index (χ1) is 10.9. The first-order valence-electron chi connectivity index (χ1n) is 7.82. The zero-order chi connectivity index (χ0) is 16.4. The number of aromatic nitrogens is 2. The average Bonchev–Trinajstić information content (AvgIpc) is 3.15. The summed E-state index contributed by atoms with van der Waals surface area (Å²) in [5.41, 5.74) is 0.922. The van der Waals surface area contributed by atoms with Crippen molar-refractivity contribution in [1.82, 2.24) is 15.0 Å². The maximum Gasteiger partial charge on any atom is 0.410 e. The lowest BCUT2D eigenvalue weighted by molar-refractivity contribution is 0.0204. The van der Waals surface area contributed by atoms with Crippen molar-refractivity contribution in [2.45, 2.75) is 45.3 Å². The Kier molecular flexibility index (Phi) is 4.07. The van der Waals surface area contributed by atoms with Crippen LogP contribution in [0.5, 0.6) is 0 Å². The molecule has 2 aromatic rings. The van der Waals surface area contributed by atoms with Crippen molar-refractivity contribution >= 4 is 6.09 Å². The summed E-state index contributed by atoms with van der Waals surface area (Å²) in [5.74, 6) is 0.675. The third-order valence-electron chi connectivity index (χ3n) is 3.66. The molecule has 6 heteroatoms. The zero-order valence-electron chi connectivity index (χ0n) is 13.7. The second-order valence-electron chi connectivity index (χ2n) is 6.66. The summed E-state index contributed by atoms with van der Waals surface area (Å²) in [6, 6.07) is 7.36. The SMILES string of the molecule is CC(C)(C)OC(=O)N1CCC[C@H]1c1cc(-c2ccccn2)no1. The first-order valence-corrected chi connectivity index (χ1v) is 7.82. The van der Waals surface area contributed by atoms with Gasteiger partial charge < -0.3 is 9.26 Å². The minimum absolute atomic E-state index is 0.130. The second-order valence-corrected chi connectivity index (χ2v) is 6.66. The van der Waals surface area contributed by atoms with Crippen molar-refractivity contribution in [3.63, 3.8) is 0 Å². The molecular formula is C17H21N3O3. The highest BCUT2D eigenvalue weighted by molar-refractivity contribution is 5.69. The number of carbonyl (C=O) groups excluding carboxylic acids is 1. The van der Waals surface area contributed by atoms with Gasteiger partial charge >= 0.3 is 6.09 Å². The maximum atomic E-state index is 12.4. The lowest BCUT2D eigenvalue weighted by atomic mass is 10.1. The molecule has 1 saturated heterocycles. The molecule has 1 amide bonds. The van der Waals surface area contributed by atoms with E-state index in [1.165, 1.54) is 0 Å². The molecule has 1 aliphatic rings. The quantitative estimate of drug-likeness (QED) is 0.843. The summed E-state index contributed by atoms with van der Waals surface area (Å²) < 4.78 is 11.0. The van der Waals surface area contributed by atoms with Gasteiger partial charge in [-0.25, -0.2) is 4.79 Å². The van der Waals surface area contributed by atoms with Crippen LogP contribution in [0, 0.1) is 0 Å². The standard InChI is InChI=1S/C17H21N3O3/c1-17(2,3)22-16(21)20-10-6-8-14(20)15-11-13(19-23-15)12-7-4-5-9-18-12/h4-5,7,9,11,14H,6,8,10H2,1-3H3/t14-/m0/s1. The van der Waals surface area contributed by atoms with Crippen molar-refractivity contribution in [2.24, 2.45) is 0 Å². The number of amides is 1. The van der Waals surface area contributed by atoms with Gasteiger partial charge in [0.2, 0.25) is 0 Å². The number of pyridine rings is 1. The van der Waals surface area contributed by atoms with Gasteiger partial charge in [-0.05, 0) is 45.7 Å². The van der Waals surface area contributed by atoms with Crippen LogP contribution in [0.4, 0.5) is 4.79 Å². The van der Waals surface area contributed by atoms with Crippen molar-refractivity contribution < 1.29 is 14.1 Å². The van der Waals surface area contributed by atoms with Crippen LogP contribution in [-0.2, 0) is 4.74 Å². The Morgan fingerprint density at radius 3 is 2.87 bits per heavy atom. The molecule has 6 nitrogen and oxygen atoms in total. The third-order valence-corrected chi connectivity index (χ3v) is 3.66. The van der Waals surface area contributed by atoms with E-state index in [1.807, 2.05) is 45.0 Å². The van der Waals surface area contributed by atoms with E-state index in [0.717, 1.165) is 18.5 Å². The summed E-state index contributed by atoms with van der Waals surface area (Å²) in [6.45, 7) is 6.26. The predicted octanol–water partition coefficient (Wildman–Crippen LogP) is 3.81. The molecule has 0 aliphatic carbocycles. The van der Waals surface area contributed by atoms with Crippen LogP contribution >= 0.6 is 0 Å². The van der Waals surface area contributed by atoms with E-state index >= 15 is 0 Å². The highest BCUT2D eigenvalue weighted by Gasteiger charge is 2.35. The van der Waals surface area contributed by atoms with Gasteiger partial charge in [-0.2, -0.15) is 0 Å². The number of ether oxygens (including phenoxy) is 1. The Balaban J connectivity index is 1.78. The highest BCUT2D eigenvalue weighted by Crippen LogP contribution is 2.34. The fraction of sp³-hybridized carbons (Fsp3) is 0.471. The maximum absolute atomic E-state index is 12.4. The molecule has 1 aliphatic heterocycles. The van der Waals surface area contributed by atoms with Crippen LogP contribution in [0.25, 0.3) is 11.4 Å². The number of nitrogens with zero attached hydrogens (tertiary/aromatic N) is 3. The number of hydrogen-bond donors (Lipinski definition) is 0. The fourth-order valence-corrected chi connectivity index (χ4v) is 2.68. The molecule has 3 heterocycles. The molecule has 23 heavy (non-hydrogen) atoms. The van der Waals surface area contributed by atoms with Gasteiger partial charge in [0.05, 0.1) is 11.7 Å². The molecule has 0 N–H and O–H groups in total. The van der Waals surface area contributed by atoms with Gasteiger partial charge in [-0.1, -0.05) is 11.2 Å². The predicted molar refractivity (Wildman–Crippen MR) is 84.6 cm³/mol.